The smallest absolute Gasteiger partial charge is 0.251 e. The van der Waals surface area contributed by atoms with E-state index in [2.05, 4.69) is 5.32 Å². The molecule has 0 saturated carbocycles. The van der Waals surface area contributed by atoms with Crippen molar-refractivity contribution in [3.63, 3.8) is 0 Å². The molecule has 1 fully saturated rings. The number of Topliss-reactive ketones (excluding diaryl/α,β-unsaturated/α-hetero) is 1. The molecule has 21 heavy (non-hydrogen) atoms. The standard InChI is InChI=1S/C17H21NO3/c1-11-8-13(9-12-4-2-6-15(19)16(11)12)17(20)18-10-14-5-3-7-21-14/h8-9,14H,2-7,10H2,1H3,(H,18,20)/t14-/m0/s1/i1D3. The Hall–Kier alpha value is -1.68. The van der Waals surface area contributed by atoms with E-state index in [4.69, 9.17) is 8.85 Å². The van der Waals surface area contributed by atoms with Gasteiger partial charge in [0.15, 0.2) is 5.78 Å². The van der Waals surface area contributed by atoms with Gasteiger partial charge in [0.05, 0.1) is 6.10 Å². The lowest BCUT2D eigenvalue weighted by atomic mass is 9.86. The van der Waals surface area contributed by atoms with E-state index in [1.54, 1.807) is 6.07 Å². The number of amides is 1. The summed E-state index contributed by atoms with van der Waals surface area (Å²) in [6.45, 7) is -1.29. The average molecular weight is 290 g/mol. The van der Waals surface area contributed by atoms with Crippen LogP contribution >= 0.6 is 0 Å². The lowest BCUT2D eigenvalue weighted by Gasteiger charge is -2.18. The fraction of sp³-hybridized carbons (Fsp3) is 0.529. The van der Waals surface area contributed by atoms with Crippen LogP contribution in [0, 0.1) is 6.85 Å². The van der Waals surface area contributed by atoms with E-state index in [0.29, 0.717) is 43.5 Å². The number of carbonyl (C=O) groups excluding carboxylic acids is 2. The zero-order valence-electron chi connectivity index (χ0n) is 14.9. The summed E-state index contributed by atoms with van der Waals surface area (Å²) in [5.74, 6) is -0.467. The maximum Gasteiger partial charge on any atom is 0.251 e. The Morgan fingerprint density at radius 2 is 2.33 bits per heavy atom. The van der Waals surface area contributed by atoms with Gasteiger partial charge in [0.25, 0.3) is 5.91 Å². The first-order chi connectivity index (χ1) is 11.4. The van der Waals surface area contributed by atoms with Gasteiger partial charge < -0.3 is 10.1 Å². The Kier molecular flexibility index (Phi) is 3.12. The monoisotopic (exact) mass is 290 g/mol. The molecule has 1 N–H and O–H groups in total. The van der Waals surface area contributed by atoms with Crippen LogP contribution in [0.3, 0.4) is 0 Å². The average Bonchev–Trinajstić information content (AvgIpc) is 3.04. The Bertz CT molecular complexity index is 664. The third-order valence-corrected chi connectivity index (χ3v) is 4.13. The fourth-order valence-electron chi connectivity index (χ4n) is 3.04. The molecule has 1 atom stereocenters. The summed E-state index contributed by atoms with van der Waals surface area (Å²) < 4.78 is 28.6. The Labute approximate surface area is 129 Å². The van der Waals surface area contributed by atoms with Crippen molar-refractivity contribution in [2.45, 2.75) is 45.1 Å². The third-order valence-electron chi connectivity index (χ3n) is 4.13. The maximum atomic E-state index is 12.4. The van der Waals surface area contributed by atoms with Crippen molar-refractivity contribution < 1.29 is 18.4 Å². The van der Waals surface area contributed by atoms with Crippen molar-refractivity contribution in [2.75, 3.05) is 13.2 Å². The highest BCUT2D eigenvalue weighted by Gasteiger charge is 2.22. The first-order valence-corrected chi connectivity index (χ1v) is 7.46. The summed E-state index contributed by atoms with van der Waals surface area (Å²) in [7, 11) is 0. The first kappa shape index (κ1) is 11.0. The van der Waals surface area contributed by atoms with Crippen LogP contribution in [-0.4, -0.2) is 30.9 Å². The largest absolute Gasteiger partial charge is 0.376 e. The SMILES string of the molecule is [2H]C([2H])([2H])c1cc(C(=O)NC[C@@H]2CCCO2)cc2c1C(=O)CCC2. The molecule has 1 aromatic carbocycles. The lowest BCUT2D eigenvalue weighted by molar-refractivity contribution is 0.0857. The van der Waals surface area contributed by atoms with E-state index in [1.165, 1.54) is 6.07 Å². The van der Waals surface area contributed by atoms with Gasteiger partial charge in [-0.05, 0) is 55.8 Å². The van der Waals surface area contributed by atoms with Crippen molar-refractivity contribution in [2.24, 2.45) is 0 Å². The van der Waals surface area contributed by atoms with Crippen LogP contribution in [0.5, 0.6) is 0 Å². The Balaban J connectivity index is 1.88. The number of rotatable bonds is 3. The van der Waals surface area contributed by atoms with E-state index in [-0.39, 0.29) is 28.9 Å². The second kappa shape index (κ2) is 5.98. The molecular formula is C17H21NO3. The van der Waals surface area contributed by atoms with Crippen LogP contribution in [0.1, 0.15) is 61.6 Å². The van der Waals surface area contributed by atoms with Crippen molar-refractivity contribution in [1.82, 2.24) is 5.32 Å². The predicted molar refractivity (Wildman–Crippen MR) is 79.8 cm³/mol. The zero-order chi connectivity index (χ0) is 17.3. The van der Waals surface area contributed by atoms with Gasteiger partial charge in [-0.2, -0.15) is 0 Å². The fourth-order valence-corrected chi connectivity index (χ4v) is 3.04. The van der Waals surface area contributed by atoms with Crippen LogP contribution in [-0.2, 0) is 11.2 Å². The highest BCUT2D eigenvalue weighted by molar-refractivity contribution is 6.02. The molecule has 1 aromatic rings. The van der Waals surface area contributed by atoms with Crippen LogP contribution in [0.15, 0.2) is 12.1 Å². The molecular weight excluding hydrogens is 266 g/mol. The molecule has 4 nitrogen and oxygen atoms in total. The van der Waals surface area contributed by atoms with Crippen molar-refractivity contribution >= 4 is 11.7 Å². The van der Waals surface area contributed by atoms with E-state index >= 15 is 0 Å². The van der Waals surface area contributed by atoms with Gasteiger partial charge in [0.1, 0.15) is 0 Å². The highest BCUT2D eigenvalue weighted by atomic mass is 16.5. The molecule has 0 aromatic heterocycles. The number of carbonyl (C=O) groups is 2. The molecule has 0 unspecified atom stereocenters. The molecule has 0 radical (unpaired) electrons. The van der Waals surface area contributed by atoms with Gasteiger partial charge in [0, 0.05) is 34.8 Å². The van der Waals surface area contributed by atoms with Crippen molar-refractivity contribution in [1.29, 1.82) is 0 Å². The lowest BCUT2D eigenvalue weighted by Crippen LogP contribution is -2.32. The molecule has 4 heteroatoms. The minimum Gasteiger partial charge on any atom is -0.376 e. The summed E-state index contributed by atoms with van der Waals surface area (Å²) in [5, 5.41) is 2.81. The number of benzene rings is 1. The van der Waals surface area contributed by atoms with Gasteiger partial charge in [-0.15, -0.1) is 0 Å². The number of ether oxygens (including phenoxy) is 1. The first-order valence-electron chi connectivity index (χ1n) is 8.96. The van der Waals surface area contributed by atoms with E-state index in [1.807, 2.05) is 0 Å². The Morgan fingerprint density at radius 1 is 1.43 bits per heavy atom. The molecule has 0 spiro atoms. The summed E-state index contributed by atoms with van der Waals surface area (Å²) in [5.41, 5.74) is 1.25. The number of hydrogen-bond donors (Lipinski definition) is 1. The van der Waals surface area contributed by atoms with Crippen molar-refractivity contribution in [3.05, 3.63) is 34.4 Å². The van der Waals surface area contributed by atoms with E-state index in [9.17, 15) is 9.59 Å². The summed E-state index contributed by atoms with van der Waals surface area (Å²) >= 11 is 0. The van der Waals surface area contributed by atoms with Gasteiger partial charge >= 0.3 is 0 Å². The maximum absolute atomic E-state index is 12.4. The second-order valence-corrected chi connectivity index (χ2v) is 5.68. The molecule has 0 bridgehead atoms. The van der Waals surface area contributed by atoms with Gasteiger partial charge in [0.2, 0.25) is 0 Å². The number of hydrogen-bond acceptors (Lipinski definition) is 3. The predicted octanol–water partition coefficient (Wildman–Crippen LogP) is 2.42. The van der Waals surface area contributed by atoms with Crippen molar-refractivity contribution in [3.8, 4) is 0 Å². The third kappa shape index (κ3) is 3.00. The molecule has 1 heterocycles. The molecule has 2 aliphatic rings. The van der Waals surface area contributed by atoms with Gasteiger partial charge in [-0.25, -0.2) is 0 Å². The zero-order valence-corrected chi connectivity index (χ0v) is 11.9. The quantitative estimate of drug-likeness (QED) is 0.930. The van der Waals surface area contributed by atoms with Crippen LogP contribution in [0.4, 0.5) is 0 Å². The molecule has 1 aliphatic carbocycles. The molecule has 112 valence electrons. The number of fused-ring (bicyclic) bond motifs is 1. The van der Waals surface area contributed by atoms with Gasteiger partial charge in [-0.1, -0.05) is 0 Å². The molecule has 1 amide bonds. The normalized spacial score (nSPS) is 23.9. The van der Waals surface area contributed by atoms with Crippen LogP contribution in [0.2, 0.25) is 0 Å². The van der Waals surface area contributed by atoms with Crippen LogP contribution < -0.4 is 5.32 Å². The van der Waals surface area contributed by atoms with Gasteiger partial charge in [-0.3, -0.25) is 9.59 Å². The topological polar surface area (TPSA) is 55.4 Å². The minimum absolute atomic E-state index is 0.00744. The summed E-state index contributed by atoms with van der Waals surface area (Å²) in [6.07, 6.45) is 3.60. The molecule has 1 aliphatic heterocycles. The second-order valence-electron chi connectivity index (χ2n) is 5.68. The molecule has 1 saturated heterocycles. The summed E-state index contributed by atoms with van der Waals surface area (Å²) in [6, 6.07) is 3.01. The number of nitrogens with one attached hydrogen (secondary N) is 1. The minimum atomic E-state index is -2.41. The number of ketones is 1. The summed E-state index contributed by atoms with van der Waals surface area (Å²) in [4.78, 5) is 24.6. The number of aryl methyl sites for hydroxylation is 2. The highest BCUT2D eigenvalue weighted by Crippen LogP contribution is 2.26. The van der Waals surface area contributed by atoms with E-state index < -0.39 is 6.85 Å². The van der Waals surface area contributed by atoms with E-state index in [0.717, 1.165) is 12.8 Å². The Morgan fingerprint density at radius 3 is 3.10 bits per heavy atom. The van der Waals surface area contributed by atoms with Crippen LogP contribution in [0.25, 0.3) is 0 Å². The molecule has 3 rings (SSSR count).